The fourth-order valence-electron chi connectivity index (χ4n) is 1.59. The topological polar surface area (TPSA) is 22.1 Å². The van der Waals surface area contributed by atoms with Crippen molar-refractivity contribution in [2.75, 3.05) is 0 Å². The Labute approximate surface area is 117 Å². The third-order valence-corrected chi connectivity index (χ3v) is 3.14. The maximum absolute atomic E-state index is 5.95. The molecule has 0 spiro atoms. The number of ether oxygens (including phenoxy) is 1. The maximum Gasteiger partial charge on any atom is 0.222 e. The minimum Gasteiger partial charge on any atom is -0.438 e. The lowest BCUT2D eigenvalue weighted by Crippen LogP contribution is -1.94. The zero-order valence-electron chi connectivity index (χ0n) is 10.2. The summed E-state index contributed by atoms with van der Waals surface area (Å²) in [6.07, 6.45) is 1.72. The zero-order chi connectivity index (χ0) is 13.1. The zero-order valence-corrected chi connectivity index (χ0v) is 11.7. The number of alkyl halides is 1. The van der Waals surface area contributed by atoms with Crippen LogP contribution in [-0.4, -0.2) is 4.98 Å². The van der Waals surface area contributed by atoms with Gasteiger partial charge < -0.3 is 4.74 Å². The summed E-state index contributed by atoms with van der Waals surface area (Å²) < 4.78 is 5.78. The number of nitrogens with zero attached hydrogens (tertiary/aromatic N) is 1. The SMILES string of the molecule is Cc1ccc(Cl)cc1Oc1ncc(CCl)cc1C. The Balaban J connectivity index is 2.31. The van der Waals surface area contributed by atoms with Gasteiger partial charge in [-0.2, -0.15) is 0 Å². The van der Waals surface area contributed by atoms with Crippen LogP contribution in [0.1, 0.15) is 16.7 Å². The van der Waals surface area contributed by atoms with Crippen LogP contribution in [0.15, 0.2) is 30.5 Å². The summed E-state index contributed by atoms with van der Waals surface area (Å²) in [6.45, 7) is 3.91. The fraction of sp³-hybridized carbons (Fsp3) is 0.214. The predicted octanol–water partition coefficient (Wildman–Crippen LogP) is 4.88. The predicted molar refractivity (Wildman–Crippen MR) is 74.8 cm³/mol. The molecule has 1 aromatic carbocycles. The number of aryl methyl sites for hydroxylation is 2. The molecule has 0 radical (unpaired) electrons. The van der Waals surface area contributed by atoms with E-state index in [-0.39, 0.29) is 0 Å². The van der Waals surface area contributed by atoms with Crippen molar-refractivity contribution in [2.24, 2.45) is 0 Å². The van der Waals surface area contributed by atoms with Crippen molar-refractivity contribution < 1.29 is 4.74 Å². The van der Waals surface area contributed by atoms with E-state index in [0.29, 0.717) is 16.8 Å². The molecule has 0 unspecified atom stereocenters. The Bertz CT molecular complexity index is 570. The second-order valence-electron chi connectivity index (χ2n) is 4.11. The quantitative estimate of drug-likeness (QED) is 0.748. The molecule has 0 fully saturated rings. The normalized spacial score (nSPS) is 10.4. The number of pyridine rings is 1. The second kappa shape index (κ2) is 5.59. The van der Waals surface area contributed by atoms with Crippen molar-refractivity contribution in [3.8, 4) is 11.6 Å². The Morgan fingerprint density at radius 3 is 2.61 bits per heavy atom. The van der Waals surface area contributed by atoms with E-state index >= 15 is 0 Å². The van der Waals surface area contributed by atoms with Gasteiger partial charge in [0.05, 0.1) is 0 Å². The Morgan fingerprint density at radius 2 is 1.94 bits per heavy atom. The van der Waals surface area contributed by atoms with Crippen LogP contribution in [-0.2, 0) is 5.88 Å². The van der Waals surface area contributed by atoms with Gasteiger partial charge in [-0.05, 0) is 43.2 Å². The first-order valence-corrected chi connectivity index (χ1v) is 6.47. The van der Waals surface area contributed by atoms with Crippen LogP contribution in [0.3, 0.4) is 0 Å². The molecule has 0 aliphatic heterocycles. The third-order valence-electron chi connectivity index (χ3n) is 2.60. The van der Waals surface area contributed by atoms with Gasteiger partial charge in [-0.25, -0.2) is 4.98 Å². The monoisotopic (exact) mass is 281 g/mol. The van der Waals surface area contributed by atoms with Crippen molar-refractivity contribution in [2.45, 2.75) is 19.7 Å². The standard InChI is InChI=1S/C14H13Cl2NO/c1-9-3-4-12(16)6-13(9)18-14-10(2)5-11(7-15)8-17-14/h3-6,8H,7H2,1-2H3. The van der Waals surface area contributed by atoms with Crippen LogP contribution in [0.2, 0.25) is 5.02 Å². The molecule has 0 aliphatic rings. The largest absolute Gasteiger partial charge is 0.438 e. The molecule has 18 heavy (non-hydrogen) atoms. The summed E-state index contributed by atoms with van der Waals surface area (Å²) in [4.78, 5) is 4.27. The Kier molecular flexibility index (Phi) is 4.10. The van der Waals surface area contributed by atoms with E-state index in [2.05, 4.69) is 4.98 Å². The van der Waals surface area contributed by atoms with Crippen LogP contribution in [0.25, 0.3) is 0 Å². The highest BCUT2D eigenvalue weighted by atomic mass is 35.5. The van der Waals surface area contributed by atoms with Gasteiger partial charge in [-0.1, -0.05) is 17.7 Å². The van der Waals surface area contributed by atoms with E-state index in [4.69, 9.17) is 27.9 Å². The van der Waals surface area contributed by atoms with Gasteiger partial charge in [0.25, 0.3) is 0 Å². The lowest BCUT2D eigenvalue weighted by Gasteiger charge is -2.10. The molecule has 0 saturated heterocycles. The van der Waals surface area contributed by atoms with E-state index in [9.17, 15) is 0 Å². The molecule has 0 atom stereocenters. The Morgan fingerprint density at radius 1 is 1.17 bits per heavy atom. The Hall–Kier alpha value is -1.25. The van der Waals surface area contributed by atoms with E-state index < -0.39 is 0 Å². The van der Waals surface area contributed by atoms with Crippen molar-refractivity contribution in [3.63, 3.8) is 0 Å². The van der Waals surface area contributed by atoms with Gasteiger partial charge in [0, 0.05) is 22.7 Å². The van der Waals surface area contributed by atoms with E-state index in [0.717, 1.165) is 22.4 Å². The smallest absolute Gasteiger partial charge is 0.222 e. The lowest BCUT2D eigenvalue weighted by molar-refractivity contribution is 0.455. The van der Waals surface area contributed by atoms with Crippen molar-refractivity contribution >= 4 is 23.2 Å². The summed E-state index contributed by atoms with van der Waals surface area (Å²) in [5.41, 5.74) is 2.94. The summed E-state index contributed by atoms with van der Waals surface area (Å²) in [5.74, 6) is 1.75. The molecule has 0 saturated carbocycles. The number of rotatable bonds is 3. The van der Waals surface area contributed by atoms with Crippen molar-refractivity contribution in [1.82, 2.24) is 4.98 Å². The number of halogens is 2. The minimum atomic E-state index is 0.449. The molecule has 2 nitrogen and oxygen atoms in total. The first kappa shape index (κ1) is 13.2. The number of benzene rings is 1. The molecule has 0 amide bonds. The highest BCUT2D eigenvalue weighted by Gasteiger charge is 2.07. The van der Waals surface area contributed by atoms with Crippen LogP contribution in [0.5, 0.6) is 11.6 Å². The first-order valence-electron chi connectivity index (χ1n) is 5.55. The highest BCUT2D eigenvalue weighted by Crippen LogP contribution is 2.28. The van der Waals surface area contributed by atoms with Crippen LogP contribution in [0, 0.1) is 13.8 Å². The molecule has 4 heteroatoms. The maximum atomic E-state index is 5.95. The molecular weight excluding hydrogens is 269 g/mol. The van der Waals surface area contributed by atoms with Crippen LogP contribution >= 0.6 is 23.2 Å². The highest BCUT2D eigenvalue weighted by molar-refractivity contribution is 6.30. The molecule has 0 aliphatic carbocycles. The minimum absolute atomic E-state index is 0.449. The van der Waals surface area contributed by atoms with Gasteiger partial charge in [0.1, 0.15) is 5.75 Å². The third kappa shape index (κ3) is 2.95. The van der Waals surface area contributed by atoms with Gasteiger partial charge in [-0.3, -0.25) is 0 Å². The molecule has 1 heterocycles. The van der Waals surface area contributed by atoms with E-state index in [1.807, 2.05) is 32.0 Å². The van der Waals surface area contributed by atoms with Gasteiger partial charge in [0.15, 0.2) is 0 Å². The lowest BCUT2D eigenvalue weighted by atomic mass is 10.2. The second-order valence-corrected chi connectivity index (χ2v) is 4.81. The summed E-state index contributed by atoms with van der Waals surface area (Å²) in [7, 11) is 0. The number of hydrogen-bond acceptors (Lipinski definition) is 2. The average molecular weight is 282 g/mol. The fourth-order valence-corrected chi connectivity index (χ4v) is 1.90. The average Bonchev–Trinajstić information content (AvgIpc) is 2.36. The summed E-state index contributed by atoms with van der Waals surface area (Å²) in [6, 6.07) is 7.50. The first-order chi connectivity index (χ1) is 8.60. The van der Waals surface area contributed by atoms with E-state index in [1.54, 1.807) is 12.3 Å². The molecule has 0 bridgehead atoms. The molecule has 2 aromatic rings. The number of hydrogen-bond donors (Lipinski definition) is 0. The van der Waals surface area contributed by atoms with Gasteiger partial charge in [-0.15, -0.1) is 11.6 Å². The molecule has 2 rings (SSSR count). The van der Waals surface area contributed by atoms with Crippen LogP contribution in [0.4, 0.5) is 0 Å². The number of aromatic nitrogens is 1. The molecule has 0 N–H and O–H groups in total. The molecule has 1 aromatic heterocycles. The van der Waals surface area contributed by atoms with Crippen LogP contribution < -0.4 is 4.74 Å². The van der Waals surface area contributed by atoms with Crippen molar-refractivity contribution in [1.29, 1.82) is 0 Å². The van der Waals surface area contributed by atoms with Gasteiger partial charge >= 0.3 is 0 Å². The summed E-state index contributed by atoms with van der Waals surface area (Å²) >= 11 is 11.7. The van der Waals surface area contributed by atoms with E-state index in [1.165, 1.54) is 0 Å². The molecular formula is C14H13Cl2NO. The van der Waals surface area contributed by atoms with Gasteiger partial charge in [0.2, 0.25) is 5.88 Å². The summed E-state index contributed by atoms with van der Waals surface area (Å²) in [5, 5.41) is 0.644. The van der Waals surface area contributed by atoms with Crippen molar-refractivity contribution in [3.05, 3.63) is 52.2 Å². The molecule has 94 valence electrons.